The summed E-state index contributed by atoms with van der Waals surface area (Å²) in [6.45, 7) is 12.3. The van der Waals surface area contributed by atoms with Crippen molar-refractivity contribution < 1.29 is 0 Å². The first-order valence-electron chi connectivity index (χ1n) is 5.75. The van der Waals surface area contributed by atoms with Crippen molar-refractivity contribution in [1.82, 2.24) is 4.90 Å². The predicted molar refractivity (Wildman–Crippen MR) is 56.7 cm³/mol. The Morgan fingerprint density at radius 2 is 2.08 bits per heavy atom. The van der Waals surface area contributed by atoms with Crippen LogP contribution in [0, 0.1) is 17.3 Å². The van der Waals surface area contributed by atoms with Crippen molar-refractivity contribution in [1.29, 1.82) is 0 Å². The highest BCUT2D eigenvalue weighted by atomic mass is 15.2. The Morgan fingerprint density at radius 1 is 1.38 bits per heavy atom. The molecule has 0 spiro atoms. The molecule has 1 saturated heterocycles. The van der Waals surface area contributed by atoms with E-state index in [9.17, 15) is 0 Å². The van der Waals surface area contributed by atoms with Gasteiger partial charge in [-0.3, -0.25) is 0 Å². The van der Waals surface area contributed by atoms with Gasteiger partial charge in [-0.1, -0.05) is 13.8 Å². The van der Waals surface area contributed by atoms with Gasteiger partial charge in [-0.2, -0.15) is 0 Å². The molecule has 1 heterocycles. The van der Waals surface area contributed by atoms with Crippen LogP contribution in [0.3, 0.4) is 0 Å². The summed E-state index contributed by atoms with van der Waals surface area (Å²) in [6.07, 6.45) is 2.93. The minimum Gasteiger partial charge on any atom is -0.300 e. The van der Waals surface area contributed by atoms with Crippen molar-refractivity contribution in [3.05, 3.63) is 0 Å². The maximum atomic E-state index is 2.66. The minimum atomic E-state index is 0.656. The Balaban J connectivity index is 2.06. The van der Waals surface area contributed by atoms with Crippen LogP contribution in [-0.2, 0) is 0 Å². The molecule has 0 N–H and O–H groups in total. The van der Waals surface area contributed by atoms with Crippen LogP contribution in [0.15, 0.2) is 0 Å². The van der Waals surface area contributed by atoms with Gasteiger partial charge in [0, 0.05) is 19.1 Å². The lowest BCUT2D eigenvalue weighted by Crippen LogP contribution is -2.31. The van der Waals surface area contributed by atoms with Crippen LogP contribution in [0.1, 0.15) is 40.5 Å². The van der Waals surface area contributed by atoms with Gasteiger partial charge in [0.2, 0.25) is 0 Å². The topological polar surface area (TPSA) is 3.24 Å². The highest BCUT2D eigenvalue weighted by Crippen LogP contribution is 2.51. The lowest BCUT2D eigenvalue weighted by Gasteiger charge is -2.25. The van der Waals surface area contributed by atoms with Crippen molar-refractivity contribution in [2.45, 2.75) is 46.6 Å². The van der Waals surface area contributed by atoms with E-state index in [1.54, 1.807) is 0 Å². The maximum absolute atomic E-state index is 2.66. The molecule has 1 heteroatoms. The average Bonchev–Trinajstić information content (AvgIpc) is 2.38. The number of hydrogen-bond acceptors (Lipinski definition) is 1. The lowest BCUT2D eigenvalue weighted by atomic mass is 9.83. The molecule has 0 amide bonds. The lowest BCUT2D eigenvalue weighted by molar-refractivity contribution is 0.221. The van der Waals surface area contributed by atoms with Crippen LogP contribution in [0.2, 0.25) is 0 Å². The number of fused-ring (bicyclic) bond motifs is 1. The second kappa shape index (κ2) is 2.98. The van der Waals surface area contributed by atoms with Crippen molar-refractivity contribution in [3.8, 4) is 0 Å². The highest BCUT2D eigenvalue weighted by molar-refractivity contribution is 5.00. The molecular formula is C12H23N. The van der Waals surface area contributed by atoms with Crippen LogP contribution in [0.25, 0.3) is 0 Å². The third-order valence-electron chi connectivity index (χ3n) is 4.24. The molecule has 0 radical (unpaired) electrons. The standard InChI is InChI=1S/C12H23N/c1-9(2)13-7-11-5-10(3)6-12(11,4)8-13/h9-11H,5-8H2,1-4H3/t10-,11+,12?/m0/s1. The zero-order valence-electron chi connectivity index (χ0n) is 9.51. The Bertz CT molecular complexity index is 199. The summed E-state index contributed by atoms with van der Waals surface area (Å²) < 4.78 is 0. The number of likely N-dealkylation sites (tertiary alicyclic amines) is 1. The van der Waals surface area contributed by atoms with Crippen LogP contribution >= 0.6 is 0 Å². The van der Waals surface area contributed by atoms with Crippen LogP contribution in [0.5, 0.6) is 0 Å². The fourth-order valence-electron chi connectivity index (χ4n) is 3.51. The fourth-order valence-corrected chi connectivity index (χ4v) is 3.51. The molecular weight excluding hydrogens is 158 g/mol. The predicted octanol–water partition coefficient (Wildman–Crippen LogP) is 2.76. The van der Waals surface area contributed by atoms with Gasteiger partial charge < -0.3 is 4.90 Å². The van der Waals surface area contributed by atoms with Gasteiger partial charge in [0.25, 0.3) is 0 Å². The Kier molecular flexibility index (Phi) is 2.18. The summed E-state index contributed by atoms with van der Waals surface area (Å²) in [6, 6.07) is 0.748. The van der Waals surface area contributed by atoms with Gasteiger partial charge in [-0.15, -0.1) is 0 Å². The molecule has 76 valence electrons. The van der Waals surface area contributed by atoms with Crippen molar-refractivity contribution in [2.75, 3.05) is 13.1 Å². The van der Waals surface area contributed by atoms with Crippen LogP contribution < -0.4 is 0 Å². The van der Waals surface area contributed by atoms with E-state index < -0.39 is 0 Å². The molecule has 13 heavy (non-hydrogen) atoms. The van der Waals surface area contributed by atoms with Crippen LogP contribution in [0.4, 0.5) is 0 Å². The van der Waals surface area contributed by atoms with E-state index in [1.165, 1.54) is 25.9 Å². The summed E-state index contributed by atoms with van der Waals surface area (Å²) >= 11 is 0. The van der Waals surface area contributed by atoms with E-state index in [1.807, 2.05) is 0 Å². The molecule has 2 rings (SSSR count). The molecule has 0 aromatic rings. The molecule has 0 aromatic carbocycles. The third kappa shape index (κ3) is 1.52. The molecule has 0 aromatic heterocycles. The number of hydrogen-bond donors (Lipinski definition) is 0. The van der Waals surface area contributed by atoms with Gasteiger partial charge in [0.15, 0.2) is 0 Å². The zero-order chi connectivity index (χ0) is 9.64. The number of nitrogens with zero attached hydrogens (tertiary/aromatic N) is 1. The molecule has 0 bridgehead atoms. The normalized spacial score (nSPS) is 45.9. The zero-order valence-corrected chi connectivity index (χ0v) is 9.51. The third-order valence-corrected chi connectivity index (χ3v) is 4.24. The van der Waals surface area contributed by atoms with E-state index >= 15 is 0 Å². The second-order valence-corrected chi connectivity index (χ2v) is 5.92. The summed E-state index contributed by atoms with van der Waals surface area (Å²) in [5.74, 6) is 1.97. The van der Waals surface area contributed by atoms with E-state index in [2.05, 4.69) is 32.6 Å². The molecule has 1 aliphatic heterocycles. The number of rotatable bonds is 1. The largest absolute Gasteiger partial charge is 0.300 e. The van der Waals surface area contributed by atoms with E-state index in [0.29, 0.717) is 5.41 Å². The van der Waals surface area contributed by atoms with Crippen molar-refractivity contribution >= 4 is 0 Å². The quantitative estimate of drug-likeness (QED) is 0.601. The molecule has 2 aliphatic rings. The van der Waals surface area contributed by atoms with Crippen molar-refractivity contribution in [3.63, 3.8) is 0 Å². The van der Waals surface area contributed by atoms with Crippen molar-refractivity contribution in [2.24, 2.45) is 17.3 Å². The van der Waals surface area contributed by atoms with Gasteiger partial charge in [0.05, 0.1) is 0 Å². The van der Waals surface area contributed by atoms with E-state index in [4.69, 9.17) is 0 Å². The first-order chi connectivity index (χ1) is 6.01. The molecule has 1 unspecified atom stereocenters. The Hall–Kier alpha value is -0.0400. The summed E-state index contributed by atoms with van der Waals surface area (Å²) in [5, 5.41) is 0. The Labute approximate surface area is 82.5 Å². The average molecular weight is 181 g/mol. The molecule has 1 saturated carbocycles. The van der Waals surface area contributed by atoms with Gasteiger partial charge in [0.1, 0.15) is 0 Å². The van der Waals surface area contributed by atoms with E-state index in [-0.39, 0.29) is 0 Å². The summed E-state index contributed by atoms with van der Waals surface area (Å²) in [4.78, 5) is 2.66. The van der Waals surface area contributed by atoms with Gasteiger partial charge in [-0.25, -0.2) is 0 Å². The molecule has 2 fully saturated rings. The van der Waals surface area contributed by atoms with Gasteiger partial charge >= 0.3 is 0 Å². The SMILES string of the molecule is CC(C)N1C[C@H]2C[C@H](C)CC2(C)C1. The Morgan fingerprint density at radius 3 is 2.62 bits per heavy atom. The smallest absolute Gasteiger partial charge is 0.00414 e. The first-order valence-corrected chi connectivity index (χ1v) is 5.75. The maximum Gasteiger partial charge on any atom is 0.00414 e. The fraction of sp³-hybridized carbons (Fsp3) is 1.00. The van der Waals surface area contributed by atoms with Gasteiger partial charge in [-0.05, 0) is 43.9 Å². The summed E-state index contributed by atoms with van der Waals surface area (Å²) in [7, 11) is 0. The molecule has 1 nitrogen and oxygen atoms in total. The van der Waals surface area contributed by atoms with E-state index in [0.717, 1.165) is 17.9 Å². The minimum absolute atomic E-state index is 0.656. The second-order valence-electron chi connectivity index (χ2n) is 5.92. The highest BCUT2D eigenvalue weighted by Gasteiger charge is 2.48. The molecule has 3 atom stereocenters. The first kappa shape index (κ1) is 9.51. The molecule has 1 aliphatic carbocycles. The monoisotopic (exact) mass is 181 g/mol. The summed E-state index contributed by atoms with van der Waals surface area (Å²) in [5.41, 5.74) is 0.656. The van der Waals surface area contributed by atoms with Crippen LogP contribution in [-0.4, -0.2) is 24.0 Å².